The molecule has 6 heteroatoms. The Bertz CT molecular complexity index is 598. The minimum atomic E-state index is -0.215. The van der Waals surface area contributed by atoms with Crippen LogP contribution in [0.1, 0.15) is 44.5 Å². The van der Waals surface area contributed by atoms with Crippen LogP contribution in [0.4, 0.5) is 9.52 Å². The number of rotatable bonds is 9. The van der Waals surface area contributed by atoms with Gasteiger partial charge in [0.2, 0.25) is 5.13 Å². The van der Waals surface area contributed by atoms with Gasteiger partial charge < -0.3 is 10.4 Å². The third-order valence-corrected chi connectivity index (χ3v) is 4.54. The number of aryl methyl sites for hydroxylation is 1. The quantitative estimate of drug-likeness (QED) is 0.684. The fourth-order valence-electron chi connectivity index (χ4n) is 2.30. The van der Waals surface area contributed by atoms with Crippen molar-refractivity contribution in [3.8, 4) is 0 Å². The highest BCUT2D eigenvalue weighted by molar-refractivity contribution is 7.09. The van der Waals surface area contributed by atoms with Crippen LogP contribution in [-0.2, 0) is 11.8 Å². The van der Waals surface area contributed by atoms with Crippen molar-refractivity contribution in [1.82, 2.24) is 9.36 Å². The smallest absolute Gasteiger partial charge is 0.202 e. The number of hydrogen-bond donors (Lipinski definition) is 2. The van der Waals surface area contributed by atoms with Gasteiger partial charge in [0.1, 0.15) is 11.6 Å². The molecule has 1 aromatic heterocycles. The fraction of sp³-hybridized carbons (Fsp3) is 0.529. The Kier molecular flexibility index (Phi) is 6.47. The van der Waals surface area contributed by atoms with Gasteiger partial charge in [-0.2, -0.15) is 4.37 Å². The first-order valence-corrected chi connectivity index (χ1v) is 8.72. The number of nitrogens with zero attached hydrogens (tertiary/aromatic N) is 2. The molecular formula is C17H24FN3OS. The van der Waals surface area contributed by atoms with E-state index in [1.165, 1.54) is 23.7 Å². The van der Waals surface area contributed by atoms with Crippen molar-refractivity contribution in [3.63, 3.8) is 0 Å². The molecule has 2 N–H and O–H groups in total. The van der Waals surface area contributed by atoms with E-state index in [0.717, 1.165) is 42.2 Å². The van der Waals surface area contributed by atoms with E-state index in [-0.39, 0.29) is 17.8 Å². The van der Waals surface area contributed by atoms with Crippen LogP contribution in [0.5, 0.6) is 0 Å². The van der Waals surface area contributed by atoms with Crippen LogP contribution >= 0.6 is 11.5 Å². The number of benzene rings is 1. The summed E-state index contributed by atoms with van der Waals surface area (Å²) in [6.45, 7) is 5.18. The fourth-order valence-corrected chi connectivity index (χ4v) is 2.91. The van der Waals surface area contributed by atoms with Crippen molar-refractivity contribution in [1.29, 1.82) is 0 Å². The normalized spacial score (nSPS) is 11.7. The zero-order valence-electron chi connectivity index (χ0n) is 13.7. The van der Waals surface area contributed by atoms with Gasteiger partial charge in [-0.25, -0.2) is 9.37 Å². The van der Waals surface area contributed by atoms with Crippen molar-refractivity contribution in [3.05, 3.63) is 41.5 Å². The van der Waals surface area contributed by atoms with Crippen molar-refractivity contribution >= 4 is 16.7 Å². The lowest BCUT2D eigenvalue weighted by molar-refractivity contribution is 0.283. The molecule has 1 aromatic carbocycles. The number of nitrogens with one attached hydrogen (secondary N) is 1. The summed E-state index contributed by atoms with van der Waals surface area (Å²) in [5.74, 6) is 0.641. The Hall–Kier alpha value is -1.53. The molecule has 0 saturated heterocycles. The average molecular weight is 337 g/mol. The van der Waals surface area contributed by atoms with Crippen molar-refractivity contribution in [2.75, 3.05) is 18.5 Å². The Labute approximate surface area is 141 Å². The van der Waals surface area contributed by atoms with Gasteiger partial charge in [0, 0.05) is 36.5 Å². The summed E-state index contributed by atoms with van der Waals surface area (Å²) >= 11 is 1.37. The van der Waals surface area contributed by atoms with Gasteiger partial charge in [0.25, 0.3) is 0 Å². The van der Waals surface area contributed by atoms with Gasteiger partial charge in [-0.15, -0.1) is 0 Å². The summed E-state index contributed by atoms with van der Waals surface area (Å²) in [7, 11) is 0. The summed E-state index contributed by atoms with van der Waals surface area (Å²) in [4.78, 5) is 4.49. The minimum absolute atomic E-state index is 0.124. The molecule has 0 saturated carbocycles. The highest BCUT2D eigenvalue weighted by atomic mass is 32.1. The van der Waals surface area contributed by atoms with E-state index in [0.29, 0.717) is 6.54 Å². The van der Waals surface area contributed by atoms with Crippen LogP contribution in [0.3, 0.4) is 0 Å². The molecular weight excluding hydrogens is 313 g/mol. The van der Waals surface area contributed by atoms with Gasteiger partial charge in [-0.3, -0.25) is 0 Å². The standard InChI is InChI=1S/C17H24FN3OS/c1-17(2,13-7-9-14(18)10-8-13)12-19-16-20-15(21-23-16)6-4-3-5-11-22/h7-10,22H,3-6,11-12H2,1-2H3,(H,19,20,21). The Balaban J connectivity index is 1.85. The lowest BCUT2D eigenvalue weighted by atomic mass is 9.85. The van der Waals surface area contributed by atoms with Crippen molar-refractivity contribution in [2.24, 2.45) is 0 Å². The third-order valence-electron chi connectivity index (χ3n) is 3.83. The molecule has 0 radical (unpaired) electrons. The van der Waals surface area contributed by atoms with E-state index >= 15 is 0 Å². The van der Waals surface area contributed by atoms with Crippen LogP contribution in [0.2, 0.25) is 0 Å². The topological polar surface area (TPSA) is 58.0 Å². The zero-order chi connectivity index (χ0) is 16.7. The molecule has 0 atom stereocenters. The predicted octanol–water partition coefficient (Wildman–Crippen LogP) is 3.77. The SMILES string of the molecule is CC(C)(CNc1nc(CCCCCO)ns1)c1ccc(F)cc1. The molecule has 0 spiro atoms. The highest BCUT2D eigenvalue weighted by Gasteiger charge is 2.21. The maximum atomic E-state index is 13.0. The lowest BCUT2D eigenvalue weighted by Crippen LogP contribution is -2.27. The monoisotopic (exact) mass is 337 g/mol. The number of hydrogen-bond acceptors (Lipinski definition) is 5. The van der Waals surface area contributed by atoms with E-state index in [1.54, 1.807) is 0 Å². The van der Waals surface area contributed by atoms with E-state index in [9.17, 15) is 4.39 Å². The molecule has 0 amide bonds. The molecule has 0 aliphatic carbocycles. The van der Waals surface area contributed by atoms with Crippen LogP contribution < -0.4 is 5.32 Å². The van der Waals surface area contributed by atoms with Gasteiger partial charge in [0.05, 0.1) is 0 Å². The van der Waals surface area contributed by atoms with Gasteiger partial charge in [-0.1, -0.05) is 32.4 Å². The Morgan fingerprint density at radius 3 is 2.61 bits per heavy atom. The summed E-state index contributed by atoms with van der Waals surface area (Å²) in [5.41, 5.74) is 0.959. The maximum Gasteiger partial charge on any atom is 0.202 e. The molecule has 0 fully saturated rings. The first kappa shape index (κ1) is 17.8. The second kappa shape index (κ2) is 8.36. The minimum Gasteiger partial charge on any atom is -0.396 e. The molecule has 2 aromatic rings. The van der Waals surface area contributed by atoms with Gasteiger partial charge >= 0.3 is 0 Å². The van der Waals surface area contributed by atoms with Crippen LogP contribution in [0, 0.1) is 5.82 Å². The number of aliphatic hydroxyl groups is 1. The van der Waals surface area contributed by atoms with E-state index in [1.807, 2.05) is 12.1 Å². The number of aromatic nitrogens is 2. The second-order valence-corrected chi connectivity index (χ2v) is 7.05. The summed E-state index contributed by atoms with van der Waals surface area (Å²) in [6, 6.07) is 6.63. The molecule has 126 valence electrons. The number of anilines is 1. The summed E-state index contributed by atoms with van der Waals surface area (Å²) < 4.78 is 17.4. The lowest BCUT2D eigenvalue weighted by Gasteiger charge is -2.25. The number of unbranched alkanes of at least 4 members (excludes halogenated alkanes) is 2. The molecule has 23 heavy (non-hydrogen) atoms. The molecule has 1 heterocycles. The zero-order valence-corrected chi connectivity index (χ0v) is 14.5. The molecule has 0 unspecified atom stereocenters. The summed E-state index contributed by atoms with van der Waals surface area (Å²) in [5, 5.41) is 12.9. The first-order chi connectivity index (χ1) is 11.0. The molecule has 0 bridgehead atoms. The number of halogens is 1. The average Bonchev–Trinajstić information content (AvgIpc) is 2.98. The van der Waals surface area contributed by atoms with Crippen molar-refractivity contribution in [2.45, 2.75) is 44.9 Å². The highest BCUT2D eigenvalue weighted by Crippen LogP contribution is 2.24. The second-order valence-electron chi connectivity index (χ2n) is 6.29. The van der Waals surface area contributed by atoms with E-state index in [4.69, 9.17) is 5.11 Å². The number of aliphatic hydroxyl groups excluding tert-OH is 1. The van der Waals surface area contributed by atoms with Gasteiger partial charge in [-0.05, 0) is 30.5 Å². The van der Waals surface area contributed by atoms with Crippen LogP contribution in [0.15, 0.2) is 24.3 Å². The molecule has 2 rings (SSSR count). The van der Waals surface area contributed by atoms with Gasteiger partial charge in [0.15, 0.2) is 0 Å². The Morgan fingerprint density at radius 1 is 1.17 bits per heavy atom. The van der Waals surface area contributed by atoms with Crippen molar-refractivity contribution < 1.29 is 9.50 Å². The van der Waals surface area contributed by atoms with Crippen LogP contribution in [-0.4, -0.2) is 27.6 Å². The van der Waals surface area contributed by atoms with E-state index in [2.05, 4.69) is 28.5 Å². The molecule has 4 nitrogen and oxygen atoms in total. The summed E-state index contributed by atoms with van der Waals surface area (Å²) in [6.07, 6.45) is 3.68. The molecule has 0 aliphatic heterocycles. The maximum absolute atomic E-state index is 13.0. The largest absolute Gasteiger partial charge is 0.396 e. The molecule has 0 aliphatic rings. The predicted molar refractivity (Wildman–Crippen MR) is 92.5 cm³/mol. The first-order valence-electron chi connectivity index (χ1n) is 7.94. The third kappa shape index (κ3) is 5.55. The van der Waals surface area contributed by atoms with Crippen LogP contribution in [0.25, 0.3) is 0 Å². The van der Waals surface area contributed by atoms with E-state index < -0.39 is 0 Å². The Morgan fingerprint density at radius 2 is 1.91 bits per heavy atom.